The zero-order valence-electron chi connectivity index (χ0n) is 9.97. The van der Waals surface area contributed by atoms with Gasteiger partial charge in [0.05, 0.1) is 0 Å². The van der Waals surface area contributed by atoms with E-state index in [-0.39, 0.29) is 0 Å². The van der Waals surface area contributed by atoms with Gasteiger partial charge in [0.2, 0.25) is 0 Å². The van der Waals surface area contributed by atoms with Crippen LogP contribution >= 0.6 is 0 Å². The number of nitrogens with one attached hydrogen (secondary N) is 1. The van der Waals surface area contributed by atoms with Crippen molar-refractivity contribution in [2.24, 2.45) is 11.3 Å². The first-order valence-electron chi connectivity index (χ1n) is 6.44. The maximum atomic E-state index is 3.74. The van der Waals surface area contributed by atoms with Crippen molar-refractivity contribution in [3.8, 4) is 0 Å². The van der Waals surface area contributed by atoms with E-state index in [0.29, 0.717) is 5.41 Å². The van der Waals surface area contributed by atoms with E-state index < -0.39 is 0 Å². The van der Waals surface area contributed by atoms with Gasteiger partial charge in [-0.3, -0.25) is 0 Å². The smallest absolute Gasteiger partial charge is 0.00730 e. The number of hydrogen-bond acceptors (Lipinski definition) is 1. The van der Waals surface area contributed by atoms with Crippen LogP contribution in [0.1, 0.15) is 59.3 Å². The van der Waals surface area contributed by atoms with Crippen molar-refractivity contribution < 1.29 is 0 Å². The molecule has 82 valence electrons. The van der Waals surface area contributed by atoms with Crippen LogP contribution in [0.15, 0.2) is 0 Å². The molecule has 2 atom stereocenters. The lowest BCUT2D eigenvalue weighted by Crippen LogP contribution is -2.43. The molecule has 0 radical (unpaired) electrons. The van der Waals surface area contributed by atoms with E-state index in [2.05, 4.69) is 26.1 Å². The van der Waals surface area contributed by atoms with Gasteiger partial charge in [-0.25, -0.2) is 0 Å². The van der Waals surface area contributed by atoms with Crippen LogP contribution in [-0.2, 0) is 0 Å². The molecule has 2 saturated heterocycles. The molecule has 0 aromatic heterocycles. The van der Waals surface area contributed by atoms with Crippen molar-refractivity contribution >= 4 is 0 Å². The van der Waals surface area contributed by atoms with Crippen molar-refractivity contribution in [1.82, 2.24) is 5.32 Å². The van der Waals surface area contributed by atoms with Crippen LogP contribution in [0.5, 0.6) is 0 Å². The molecule has 2 bridgehead atoms. The van der Waals surface area contributed by atoms with Gasteiger partial charge in [-0.1, -0.05) is 33.6 Å². The molecular formula is C13H25N. The van der Waals surface area contributed by atoms with E-state index in [4.69, 9.17) is 0 Å². The Morgan fingerprint density at radius 3 is 2.00 bits per heavy atom. The van der Waals surface area contributed by atoms with Crippen LogP contribution in [0.25, 0.3) is 0 Å². The number of hydrogen-bond donors (Lipinski definition) is 1. The summed E-state index contributed by atoms with van der Waals surface area (Å²) >= 11 is 0. The van der Waals surface area contributed by atoms with E-state index in [1.165, 1.54) is 38.5 Å². The molecule has 1 N–H and O–H groups in total. The average Bonchev–Trinajstić information content (AvgIpc) is 2.56. The van der Waals surface area contributed by atoms with Gasteiger partial charge < -0.3 is 5.32 Å². The van der Waals surface area contributed by atoms with E-state index in [1.807, 2.05) is 0 Å². The summed E-state index contributed by atoms with van der Waals surface area (Å²) in [6, 6.07) is 1.72. The summed E-state index contributed by atoms with van der Waals surface area (Å²) < 4.78 is 0. The highest BCUT2D eigenvalue weighted by atomic mass is 15.0. The predicted octanol–water partition coefficient (Wildman–Crippen LogP) is 3.34. The SMILES string of the molecule is CCC(C)(CC)C1CC2CCC(C1)N2. The minimum absolute atomic E-state index is 0.614. The van der Waals surface area contributed by atoms with Gasteiger partial charge in [-0.05, 0) is 37.0 Å². The quantitative estimate of drug-likeness (QED) is 0.728. The van der Waals surface area contributed by atoms with Gasteiger partial charge in [0.1, 0.15) is 0 Å². The molecule has 2 aliphatic heterocycles. The molecule has 14 heavy (non-hydrogen) atoms. The Morgan fingerprint density at radius 1 is 1.07 bits per heavy atom. The van der Waals surface area contributed by atoms with Gasteiger partial charge in [0.15, 0.2) is 0 Å². The van der Waals surface area contributed by atoms with Crippen molar-refractivity contribution in [1.29, 1.82) is 0 Å². The first-order chi connectivity index (χ1) is 6.68. The fraction of sp³-hybridized carbons (Fsp3) is 1.00. The molecule has 0 aromatic carbocycles. The standard InChI is InChI=1S/C13H25N/c1-4-13(3,5-2)10-8-11-6-7-12(9-10)14-11/h10-12,14H,4-9H2,1-3H3. The monoisotopic (exact) mass is 195 g/mol. The molecular weight excluding hydrogens is 170 g/mol. The Kier molecular flexibility index (Phi) is 2.88. The maximum absolute atomic E-state index is 3.74. The molecule has 1 heteroatoms. The number of rotatable bonds is 3. The lowest BCUT2D eigenvalue weighted by atomic mass is 9.68. The third-order valence-electron chi connectivity index (χ3n) is 5.07. The van der Waals surface area contributed by atoms with Crippen molar-refractivity contribution in [3.63, 3.8) is 0 Å². The summed E-state index contributed by atoms with van der Waals surface area (Å²) in [6.45, 7) is 7.24. The molecule has 2 aliphatic rings. The number of piperidine rings is 1. The predicted molar refractivity (Wildman–Crippen MR) is 61.4 cm³/mol. The molecule has 2 unspecified atom stereocenters. The van der Waals surface area contributed by atoms with E-state index in [9.17, 15) is 0 Å². The summed E-state index contributed by atoms with van der Waals surface area (Å²) in [7, 11) is 0. The first-order valence-corrected chi connectivity index (χ1v) is 6.44. The van der Waals surface area contributed by atoms with Crippen molar-refractivity contribution in [2.45, 2.75) is 71.4 Å². The highest BCUT2D eigenvalue weighted by Crippen LogP contribution is 2.44. The average molecular weight is 195 g/mol. The molecule has 1 nitrogen and oxygen atoms in total. The van der Waals surface area contributed by atoms with Crippen LogP contribution in [-0.4, -0.2) is 12.1 Å². The third kappa shape index (κ3) is 1.71. The Morgan fingerprint density at radius 2 is 1.57 bits per heavy atom. The Labute approximate surface area is 88.7 Å². The molecule has 0 aromatic rings. The van der Waals surface area contributed by atoms with Gasteiger partial charge in [0.25, 0.3) is 0 Å². The van der Waals surface area contributed by atoms with Gasteiger partial charge >= 0.3 is 0 Å². The summed E-state index contributed by atoms with van der Waals surface area (Å²) in [5, 5.41) is 3.74. The Hall–Kier alpha value is -0.0400. The van der Waals surface area contributed by atoms with Gasteiger partial charge in [0, 0.05) is 12.1 Å². The van der Waals surface area contributed by atoms with Crippen LogP contribution in [0.3, 0.4) is 0 Å². The fourth-order valence-corrected chi connectivity index (χ4v) is 3.45. The van der Waals surface area contributed by atoms with Crippen LogP contribution in [0.2, 0.25) is 0 Å². The second kappa shape index (κ2) is 3.84. The zero-order chi connectivity index (χ0) is 10.2. The van der Waals surface area contributed by atoms with Crippen LogP contribution < -0.4 is 5.32 Å². The van der Waals surface area contributed by atoms with Crippen LogP contribution in [0.4, 0.5) is 0 Å². The highest BCUT2D eigenvalue weighted by Gasteiger charge is 2.40. The first kappa shape index (κ1) is 10.5. The van der Waals surface area contributed by atoms with Crippen LogP contribution in [0, 0.1) is 11.3 Å². The molecule has 0 spiro atoms. The van der Waals surface area contributed by atoms with Crippen molar-refractivity contribution in [3.05, 3.63) is 0 Å². The topological polar surface area (TPSA) is 12.0 Å². The van der Waals surface area contributed by atoms with E-state index >= 15 is 0 Å². The minimum Gasteiger partial charge on any atom is -0.311 e. The lowest BCUT2D eigenvalue weighted by molar-refractivity contribution is 0.110. The largest absolute Gasteiger partial charge is 0.311 e. The fourth-order valence-electron chi connectivity index (χ4n) is 3.45. The second-order valence-corrected chi connectivity index (χ2v) is 5.67. The summed E-state index contributed by atoms with van der Waals surface area (Å²) in [6.07, 6.45) is 8.46. The summed E-state index contributed by atoms with van der Waals surface area (Å²) in [5.74, 6) is 0.983. The lowest BCUT2D eigenvalue weighted by Gasteiger charge is -2.41. The van der Waals surface area contributed by atoms with Gasteiger partial charge in [-0.15, -0.1) is 0 Å². The third-order valence-corrected chi connectivity index (χ3v) is 5.07. The van der Waals surface area contributed by atoms with E-state index in [1.54, 1.807) is 0 Å². The molecule has 2 rings (SSSR count). The summed E-state index contributed by atoms with van der Waals surface area (Å²) in [4.78, 5) is 0. The van der Waals surface area contributed by atoms with Gasteiger partial charge in [-0.2, -0.15) is 0 Å². The molecule has 0 aliphatic carbocycles. The van der Waals surface area contributed by atoms with Crippen molar-refractivity contribution in [2.75, 3.05) is 0 Å². The summed E-state index contributed by atoms with van der Waals surface area (Å²) in [5.41, 5.74) is 0.614. The second-order valence-electron chi connectivity index (χ2n) is 5.67. The molecule has 2 fully saturated rings. The molecule has 0 saturated carbocycles. The Bertz CT molecular complexity index is 183. The molecule has 0 amide bonds. The van der Waals surface area contributed by atoms with E-state index in [0.717, 1.165) is 18.0 Å². The minimum atomic E-state index is 0.614. The normalized spacial score (nSPS) is 37.5. The molecule has 2 heterocycles. The highest BCUT2D eigenvalue weighted by molar-refractivity contribution is 4.96. The maximum Gasteiger partial charge on any atom is 0.00730 e. The number of fused-ring (bicyclic) bond motifs is 2. The zero-order valence-corrected chi connectivity index (χ0v) is 9.97. The Balaban J connectivity index is 2.04.